The molecule has 3 rings (SSSR count). The first-order chi connectivity index (χ1) is 10.1. The van der Waals surface area contributed by atoms with Gasteiger partial charge in [0.05, 0.1) is 12.1 Å². The molecule has 0 atom stereocenters. The maximum absolute atomic E-state index is 12.6. The van der Waals surface area contributed by atoms with Crippen LogP contribution in [-0.4, -0.2) is 27.2 Å². The summed E-state index contributed by atoms with van der Waals surface area (Å²) in [6.45, 7) is 0. The first kappa shape index (κ1) is 13.8. The molecule has 0 saturated heterocycles. The first-order valence-corrected chi connectivity index (χ1v) is 6.84. The van der Waals surface area contributed by atoms with Crippen molar-refractivity contribution < 1.29 is 9.53 Å². The van der Waals surface area contributed by atoms with Crippen molar-refractivity contribution in [2.75, 3.05) is 7.11 Å². The van der Waals surface area contributed by atoms with E-state index >= 15 is 0 Å². The van der Waals surface area contributed by atoms with Crippen LogP contribution in [0, 0.1) is 4.77 Å². The molecule has 2 heterocycles. The minimum atomic E-state index is -0.280. The van der Waals surface area contributed by atoms with Crippen molar-refractivity contribution >= 4 is 35.4 Å². The van der Waals surface area contributed by atoms with Crippen LogP contribution in [0.2, 0.25) is 5.02 Å². The number of rotatable bonds is 2. The third-order valence-electron chi connectivity index (χ3n) is 3.01. The molecule has 0 radical (unpaired) electrons. The van der Waals surface area contributed by atoms with Crippen molar-refractivity contribution in [3.05, 3.63) is 58.0 Å². The number of aromatic nitrogens is 3. The van der Waals surface area contributed by atoms with Crippen molar-refractivity contribution in [1.82, 2.24) is 14.2 Å². The molecule has 0 aliphatic carbocycles. The molecule has 0 saturated carbocycles. The van der Waals surface area contributed by atoms with Gasteiger partial charge in [0.2, 0.25) is 4.77 Å². The SMILES string of the molecule is COc1ccc(C(=O)n2c(=S)nc3ccc(Cl)cn32)cc1. The fourth-order valence-electron chi connectivity index (χ4n) is 1.98. The Labute approximate surface area is 130 Å². The van der Waals surface area contributed by atoms with Gasteiger partial charge in [0.25, 0.3) is 5.91 Å². The topological polar surface area (TPSA) is 48.5 Å². The van der Waals surface area contributed by atoms with Gasteiger partial charge in [0.1, 0.15) is 5.75 Å². The monoisotopic (exact) mass is 319 g/mol. The van der Waals surface area contributed by atoms with Gasteiger partial charge in [-0.15, -0.1) is 0 Å². The van der Waals surface area contributed by atoms with Crippen LogP contribution in [0.1, 0.15) is 10.4 Å². The molecule has 3 aromatic rings. The zero-order valence-corrected chi connectivity index (χ0v) is 12.6. The predicted molar refractivity (Wildman–Crippen MR) is 81.7 cm³/mol. The number of hydrogen-bond donors (Lipinski definition) is 0. The van der Waals surface area contributed by atoms with Crippen LogP contribution in [0.4, 0.5) is 0 Å². The predicted octanol–water partition coefficient (Wildman–Crippen LogP) is 3.22. The van der Waals surface area contributed by atoms with E-state index in [1.165, 1.54) is 9.20 Å². The molecule has 1 aromatic carbocycles. The average Bonchev–Trinajstić information content (AvgIpc) is 2.82. The molecule has 2 aromatic heterocycles. The molecular weight excluding hydrogens is 310 g/mol. The lowest BCUT2D eigenvalue weighted by atomic mass is 10.2. The Bertz CT molecular complexity index is 883. The largest absolute Gasteiger partial charge is 0.497 e. The number of halogens is 1. The lowest BCUT2D eigenvalue weighted by molar-refractivity contribution is 0.0938. The van der Waals surface area contributed by atoms with E-state index in [0.717, 1.165) is 0 Å². The second-order valence-electron chi connectivity index (χ2n) is 4.29. The summed E-state index contributed by atoms with van der Waals surface area (Å²) < 4.78 is 8.10. The number of pyridine rings is 1. The number of benzene rings is 1. The van der Waals surface area contributed by atoms with Gasteiger partial charge in [-0.3, -0.25) is 4.79 Å². The fraction of sp³-hybridized carbons (Fsp3) is 0.0714. The molecule has 0 aliphatic rings. The number of fused-ring (bicyclic) bond motifs is 1. The second-order valence-corrected chi connectivity index (χ2v) is 5.09. The molecule has 21 heavy (non-hydrogen) atoms. The van der Waals surface area contributed by atoms with Crippen molar-refractivity contribution in [3.8, 4) is 5.75 Å². The fourth-order valence-corrected chi connectivity index (χ4v) is 2.40. The highest BCUT2D eigenvalue weighted by molar-refractivity contribution is 7.71. The molecule has 0 amide bonds. The Kier molecular flexibility index (Phi) is 3.48. The second kappa shape index (κ2) is 5.31. The molecule has 0 N–H and O–H groups in total. The van der Waals surface area contributed by atoms with Gasteiger partial charge in [-0.25, -0.2) is 4.52 Å². The number of methoxy groups -OCH3 is 1. The van der Waals surface area contributed by atoms with Crippen LogP contribution < -0.4 is 4.74 Å². The van der Waals surface area contributed by atoms with E-state index in [9.17, 15) is 4.79 Å². The average molecular weight is 320 g/mol. The summed E-state index contributed by atoms with van der Waals surface area (Å²) in [5.74, 6) is 0.397. The lowest BCUT2D eigenvalue weighted by Gasteiger charge is -2.06. The molecule has 7 heteroatoms. The molecule has 0 spiro atoms. The molecule has 106 valence electrons. The standard InChI is InChI=1S/C14H10ClN3O2S/c1-20-11-5-2-9(3-6-11)13(19)18-14(21)16-12-7-4-10(15)8-17(12)18/h2-8H,1H3. The molecule has 0 unspecified atom stereocenters. The van der Waals surface area contributed by atoms with Crippen molar-refractivity contribution in [1.29, 1.82) is 0 Å². The molecule has 0 fully saturated rings. The highest BCUT2D eigenvalue weighted by Gasteiger charge is 2.14. The van der Waals surface area contributed by atoms with Gasteiger partial charge in [-0.2, -0.15) is 9.67 Å². The molecule has 5 nitrogen and oxygen atoms in total. The number of carbonyl (C=O) groups excluding carboxylic acids is 1. The van der Waals surface area contributed by atoms with E-state index in [-0.39, 0.29) is 10.7 Å². The quantitative estimate of drug-likeness (QED) is 0.681. The minimum absolute atomic E-state index is 0.179. The molecule has 0 bridgehead atoms. The zero-order chi connectivity index (χ0) is 15.0. The number of ether oxygens (including phenoxy) is 1. The van der Waals surface area contributed by atoms with Gasteiger partial charge in [0, 0.05) is 11.8 Å². The summed E-state index contributed by atoms with van der Waals surface area (Å²) in [5, 5.41) is 0.492. The third kappa shape index (κ3) is 2.43. The maximum Gasteiger partial charge on any atom is 0.279 e. The van der Waals surface area contributed by atoms with Crippen LogP contribution in [0.5, 0.6) is 5.75 Å². The van der Waals surface area contributed by atoms with E-state index in [1.54, 1.807) is 49.7 Å². The van der Waals surface area contributed by atoms with E-state index in [1.807, 2.05) is 0 Å². The summed E-state index contributed by atoms with van der Waals surface area (Å²) in [6, 6.07) is 10.2. The molecule has 0 aliphatic heterocycles. The Morgan fingerprint density at radius 1 is 1.24 bits per heavy atom. The smallest absolute Gasteiger partial charge is 0.279 e. The van der Waals surface area contributed by atoms with Gasteiger partial charge >= 0.3 is 0 Å². The Hall–Kier alpha value is -2.18. The van der Waals surface area contributed by atoms with Gasteiger partial charge in [-0.05, 0) is 48.6 Å². The number of carbonyl (C=O) groups is 1. The maximum atomic E-state index is 12.6. The zero-order valence-electron chi connectivity index (χ0n) is 11.0. The Balaban J connectivity index is 2.14. The van der Waals surface area contributed by atoms with Crippen molar-refractivity contribution in [2.45, 2.75) is 0 Å². The van der Waals surface area contributed by atoms with Gasteiger partial charge < -0.3 is 4.74 Å². The van der Waals surface area contributed by atoms with E-state index in [4.69, 9.17) is 28.6 Å². The van der Waals surface area contributed by atoms with E-state index in [0.29, 0.717) is 22.0 Å². The lowest BCUT2D eigenvalue weighted by Crippen LogP contribution is -2.17. The highest BCUT2D eigenvalue weighted by Crippen LogP contribution is 2.15. The van der Waals surface area contributed by atoms with E-state index < -0.39 is 0 Å². The van der Waals surface area contributed by atoms with Crippen LogP contribution in [0.15, 0.2) is 42.6 Å². The number of nitrogens with zero attached hydrogens (tertiary/aromatic N) is 3. The first-order valence-electron chi connectivity index (χ1n) is 6.06. The number of hydrogen-bond acceptors (Lipinski definition) is 4. The third-order valence-corrected chi connectivity index (χ3v) is 3.50. The van der Waals surface area contributed by atoms with Crippen LogP contribution in [0.3, 0.4) is 0 Å². The van der Waals surface area contributed by atoms with Crippen LogP contribution in [0.25, 0.3) is 5.65 Å². The Morgan fingerprint density at radius 2 is 1.95 bits per heavy atom. The highest BCUT2D eigenvalue weighted by atomic mass is 35.5. The van der Waals surface area contributed by atoms with E-state index in [2.05, 4.69) is 4.98 Å². The van der Waals surface area contributed by atoms with Crippen LogP contribution >= 0.6 is 23.8 Å². The Morgan fingerprint density at radius 3 is 2.62 bits per heavy atom. The van der Waals surface area contributed by atoms with Crippen molar-refractivity contribution in [2.24, 2.45) is 0 Å². The van der Waals surface area contributed by atoms with Crippen LogP contribution in [-0.2, 0) is 0 Å². The summed E-state index contributed by atoms with van der Waals surface area (Å²) >= 11 is 11.1. The molecular formula is C14H10ClN3O2S. The van der Waals surface area contributed by atoms with Gasteiger partial charge in [0.15, 0.2) is 5.65 Å². The normalized spacial score (nSPS) is 10.8. The summed E-state index contributed by atoms with van der Waals surface area (Å²) in [6.07, 6.45) is 1.60. The summed E-state index contributed by atoms with van der Waals surface area (Å²) in [4.78, 5) is 16.8. The van der Waals surface area contributed by atoms with Gasteiger partial charge in [-0.1, -0.05) is 11.6 Å². The summed E-state index contributed by atoms with van der Waals surface area (Å²) in [7, 11) is 1.57. The summed E-state index contributed by atoms with van der Waals surface area (Å²) in [5.41, 5.74) is 1.04. The minimum Gasteiger partial charge on any atom is -0.497 e. The van der Waals surface area contributed by atoms with Crippen molar-refractivity contribution in [3.63, 3.8) is 0 Å².